The Kier molecular flexibility index (Phi) is 3.17. The van der Waals surface area contributed by atoms with Gasteiger partial charge >= 0.3 is 5.97 Å². The molecule has 0 bridgehead atoms. The molecular formula is C12H14N4O3S. The molecule has 2 aromatic rings. The van der Waals surface area contributed by atoms with Gasteiger partial charge in [-0.3, -0.25) is 9.59 Å². The smallest absolute Gasteiger partial charge is 0.308 e. The van der Waals surface area contributed by atoms with Gasteiger partial charge in [-0.25, -0.2) is 4.98 Å². The fraction of sp³-hybridized carbons (Fsp3) is 0.500. The van der Waals surface area contributed by atoms with E-state index in [0.717, 1.165) is 13.0 Å². The van der Waals surface area contributed by atoms with Crippen LogP contribution < -0.4 is 10.5 Å². The summed E-state index contributed by atoms with van der Waals surface area (Å²) in [6.45, 7) is 2.96. The number of anilines is 1. The summed E-state index contributed by atoms with van der Waals surface area (Å²) in [4.78, 5) is 29.7. The molecule has 0 aliphatic carbocycles. The molecule has 20 heavy (non-hydrogen) atoms. The summed E-state index contributed by atoms with van der Waals surface area (Å²) < 4.78 is 1.28. The Morgan fingerprint density at radius 1 is 1.55 bits per heavy atom. The first kappa shape index (κ1) is 13.0. The van der Waals surface area contributed by atoms with Gasteiger partial charge in [-0.05, 0) is 19.8 Å². The summed E-state index contributed by atoms with van der Waals surface area (Å²) in [6.07, 6.45) is 1.50. The van der Waals surface area contributed by atoms with Gasteiger partial charge in [0.15, 0.2) is 0 Å². The highest BCUT2D eigenvalue weighted by Gasteiger charge is 2.27. The number of hydrogen-bond acceptors (Lipinski definition) is 6. The second kappa shape index (κ2) is 4.86. The maximum absolute atomic E-state index is 11.8. The van der Waals surface area contributed by atoms with Crippen molar-refractivity contribution >= 4 is 27.4 Å². The van der Waals surface area contributed by atoms with Gasteiger partial charge < -0.3 is 10.0 Å². The van der Waals surface area contributed by atoms with Crippen LogP contribution in [-0.2, 0) is 4.79 Å². The molecule has 106 valence electrons. The maximum Gasteiger partial charge on any atom is 0.308 e. The number of piperidine rings is 1. The lowest BCUT2D eigenvalue weighted by Gasteiger charge is -2.29. The number of aliphatic carboxylic acids is 1. The molecule has 1 atom stereocenters. The number of nitrogens with zero attached hydrogens (tertiary/aromatic N) is 4. The van der Waals surface area contributed by atoms with Crippen molar-refractivity contribution in [2.24, 2.45) is 5.92 Å². The third-order valence-corrected chi connectivity index (χ3v) is 4.37. The number of carbonyl (C=O) groups is 1. The Morgan fingerprint density at radius 2 is 2.35 bits per heavy atom. The number of carboxylic acid groups (broad SMARTS) is 1. The number of aromatic nitrogens is 3. The Labute approximate surface area is 118 Å². The predicted octanol–water partition coefficient (Wildman–Crippen LogP) is 0.760. The number of hydrogen-bond donors (Lipinski definition) is 1. The van der Waals surface area contributed by atoms with Crippen LogP contribution >= 0.6 is 11.3 Å². The molecule has 3 heterocycles. The minimum atomic E-state index is -0.776. The van der Waals surface area contributed by atoms with Crippen molar-refractivity contribution in [2.45, 2.75) is 19.8 Å². The Bertz CT molecular complexity index is 723. The van der Waals surface area contributed by atoms with Gasteiger partial charge in [0.05, 0.1) is 5.92 Å². The van der Waals surface area contributed by atoms with Crippen LogP contribution in [0, 0.1) is 12.8 Å². The SMILES string of the molecule is Cc1cc(=O)n2nc(N3CCC[C@@H](C(=O)O)C3)sc2n1. The molecule has 0 spiro atoms. The topological polar surface area (TPSA) is 87.8 Å². The molecular weight excluding hydrogens is 280 g/mol. The van der Waals surface area contributed by atoms with Crippen molar-refractivity contribution < 1.29 is 9.90 Å². The molecule has 1 fully saturated rings. The van der Waals surface area contributed by atoms with E-state index in [0.29, 0.717) is 28.8 Å². The van der Waals surface area contributed by atoms with Crippen LogP contribution in [0.2, 0.25) is 0 Å². The van der Waals surface area contributed by atoms with E-state index in [4.69, 9.17) is 5.11 Å². The highest BCUT2D eigenvalue weighted by Crippen LogP contribution is 2.26. The van der Waals surface area contributed by atoms with Gasteiger partial charge in [-0.15, -0.1) is 5.10 Å². The zero-order valence-corrected chi connectivity index (χ0v) is 11.8. The van der Waals surface area contributed by atoms with E-state index in [2.05, 4.69) is 10.1 Å². The van der Waals surface area contributed by atoms with Crippen LogP contribution in [0.15, 0.2) is 10.9 Å². The first-order valence-electron chi connectivity index (χ1n) is 6.40. The van der Waals surface area contributed by atoms with E-state index in [-0.39, 0.29) is 11.5 Å². The van der Waals surface area contributed by atoms with Crippen LogP contribution in [-0.4, -0.2) is 38.8 Å². The van der Waals surface area contributed by atoms with Crippen molar-refractivity contribution in [3.05, 3.63) is 22.1 Å². The van der Waals surface area contributed by atoms with Crippen molar-refractivity contribution in [3.8, 4) is 0 Å². The first-order valence-corrected chi connectivity index (χ1v) is 7.21. The van der Waals surface area contributed by atoms with Crippen LogP contribution in [0.4, 0.5) is 5.13 Å². The molecule has 0 radical (unpaired) electrons. The number of fused-ring (bicyclic) bond motifs is 1. The Balaban J connectivity index is 1.96. The van der Waals surface area contributed by atoms with Gasteiger partial charge in [0, 0.05) is 24.8 Å². The minimum absolute atomic E-state index is 0.207. The molecule has 1 N–H and O–H groups in total. The largest absolute Gasteiger partial charge is 0.481 e. The van der Waals surface area contributed by atoms with E-state index in [1.165, 1.54) is 21.9 Å². The molecule has 0 saturated carbocycles. The Hall–Kier alpha value is -1.96. The normalized spacial score (nSPS) is 19.4. The monoisotopic (exact) mass is 294 g/mol. The summed E-state index contributed by atoms with van der Waals surface area (Å²) in [5.41, 5.74) is 0.453. The van der Waals surface area contributed by atoms with E-state index < -0.39 is 5.97 Å². The molecule has 3 rings (SSSR count). The number of aryl methyl sites for hydroxylation is 1. The molecule has 1 aliphatic heterocycles. The highest BCUT2D eigenvalue weighted by molar-refractivity contribution is 7.20. The lowest BCUT2D eigenvalue weighted by Crippen LogP contribution is -2.38. The average molecular weight is 294 g/mol. The molecule has 1 aliphatic rings. The van der Waals surface area contributed by atoms with E-state index in [9.17, 15) is 9.59 Å². The average Bonchev–Trinajstić information content (AvgIpc) is 2.83. The number of carboxylic acids is 1. The standard InChI is InChI=1S/C12H14N4O3S/c1-7-5-9(17)16-11(13-7)20-12(14-16)15-4-2-3-8(6-15)10(18)19/h5,8H,2-4,6H2,1H3,(H,18,19)/t8-/m1/s1. The van der Waals surface area contributed by atoms with Crippen LogP contribution in [0.5, 0.6) is 0 Å². The molecule has 2 aromatic heterocycles. The third-order valence-electron chi connectivity index (χ3n) is 3.40. The molecule has 1 saturated heterocycles. The third kappa shape index (κ3) is 2.26. The summed E-state index contributed by atoms with van der Waals surface area (Å²) in [6, 6.07) is 1.44. The summed E-state index contributed by atoms with van der Waals surface area (Å²) in [7, 11) is 0. The quantitative estimate of drug-likeness (QED) is 0.880. The first-order chi connectivity index (χ1) is 9.54. The van der Waals surface area contributed by atoms with E-state index >= 15 is 0 Å². The van der Waals surface area contributed by atoms with Crippen molar-refractivity contribution in [2.75, 3.05) is 18.0 Å². The summed E-state index contributed by atoms with van der Waals surface area (Å²) in [5, 5.41) is 14.0. The van der Waals surface area contributed by atoms with E-state index in [1.54, 1.807) is 6.92 Å². The maximum atomic E-state index is 11.8. The van der Waals surface area contributed by atoms with Crippen LogP contribution in [0.3, 0.4) is 0 Å². The molecule has 8 heteroatoms. The molecule has 0 aromatic carbocycles. The van der Waals surface area contributed by atoms with E-state index in [1.807, 2.05) is 4.90 Å². The zero-order valence-electron chi connectivity index (χ0n) is 10.9. The van der Waals surface area contributed by atoms with Crippen molar-refractivity contribution in [1.29, 1.82) is 0 Å². The fourth-order valence-corrected chi connectivity index (χ4v) is 3.38. The van der Waals surface area contributed by atoms with Gasteiger partial charge in [-0.2, -0.15) is 4.52 Å². The highest BCUT2D eigenvalue weighted by atomic mass is 32.1. The predicted molar refractivity (Wildman–Crippen MR) is 74.4 cm³/mol. The van der Waals surface area contributed by atoms with Gasteiger partial charge in [0.2, 0.25) is 10.1 Å². The van der Waals surface area contributed by atoms with Gasteiger partial charge in [0.25, 0.3) is 5.56 Å². The van der Waals surface area contributed by atoms with Crippen LogP contribution in [0.25, 0.3) is 4.96 Å². The van der Waals surface area contributed by atoms with Crippen molar-refractivity contribution in [3.63, 3.8) is 0 Å². The van der Waals surface area contributed by atoms with Crippen molar-refractivity contribution in [1.82, 2.24) is 14.6 Å². The second-order valence-electron chi connectivity index (χ2n) is 4.94. The van der Waals surface area contributed by atoms with Gasteiger partial charge in [-0.1, -0.05) is 11.3 Å². The molecule has 7 nitrogen and oxygen atoms in total. The lowest BCUT2D eigenvalue weighted by atomic mass is 9.99. The summed E-state index contributed by atoms with van der Waals surface area (Å²) in [5.74, 6) is -1.15. The van der Waals surface area contributed by atoms with Gasteiger partial charge in [0.1, 0.15) is 0 Å². The molecule has 0 amide bonds. The van der Waals surface area contributed by atoms with Crippen LogP contribution in [0.1, 0.15) is 18.5 Å². The second-order valence-corrected chi connectivity index (χ2v) is 5.87. The number of rotatable bonds is 2. The lowest BCUT2D eigenvalue weighted by molar-refractivity contribution is -0.141. The summed E-state index contributed by atoms with van der Waals surface area (Å²) >= 11 is 1.32. The fourth-order valence-electron chi connectivity index (χ4n) is 2.39. The minimum Gasteiger partial charge on any atom is -0.481 e. The molecule has 0 unspecified atom stereocenters. The zero-order chi connectivity index (χ0) is 14.3. The Morgan fingerprint density at radius 3 is 3.10 bits per heavy atom.